The molecule has 2 atom stereocenters. The van der Waals surface area contributed by atoms with Gasteiger partial charge < -0.3 is 15.1 Å². The highest BCUT2D eigenvalue weighted by Crippen LogP contribution is 2.30. The highest BCUT2D eigenvalue weighted by Gasteiger charge is 2.25. The largest absolute Gasteiger partial charge is 0.469 e. The third-order valence-corrected chi connectivity index (χ3v) is 4.81. The predicted octanol–water partition coefficient (Wildman–Crippen LogP) is 4.14. The minimum atomic E-state index is -0.230. The summed E-state index contributed by atoms with van der Waals surface area (Å²) in [6, 6.07) is 15.3. The van der Waals surface area contributed by atoms with Crippen molar-refractivity contribution in [2.45, 2.75) is 31.3 Å². The lowest BCUT2D eigenvalue weighted by Gasteiger charge is -2.25. The third kappa shape index (κ3) is 3.47. The van der Waals surface area contributed by atoms with Gasteiger partial charge in [-0.1, -0.05) is 30.3 Å². The van der Waals surface area contributed by atoms with Gasteiger partial charge in [0.1, 0.15) is 5.76 Å². The summed E-state index contributed by atoms with van der Waals surface area (Å²) in [5.41, 5.74) is 3.11. The van der Waals surface area contributed by atoms with Gasteiger partial charge in [-0.15, -0.1) is 0 Å². The van der Waals surface area contributed by atoms with E-state index in [9.17, 15) is 4.79 Å². The molecule has 3 aromatic rings. The Balaban J connectivity index is 1.52. The van der Waals surface area contributed by atoms with Crippen LogP contribution in [0, 0.1) is 0 Å². The Morgan fingerprint density at radius 3 is 2.65 bits per heavy atom. The van der Waals surface area contributed by atoms with E-state index in [1.54, 1.807) is 18.7 Å². The first-order chi connectivity index (χ1) is 12.8. The van der Waals surface area contributed by atoms with E-state index in [0.717, 1.165) is 41.7 Å². The van der Waals surface area contributed by atoms with Gasteiger partial charge >= 0.3 is 6.03 Å². The standard InChI is InChI=1S/C21H21N3O2/c25-21(23-18-7-4-8-19-17(18)11-14-26-19)24-20(15-5-2-1-3-6-15)16-9-12-22-13-10-16/h1-3,5-6,9-14,18,20H,4,7-8H2,(H2,23,24,25)/t18-,20-/m1/s1. The number of aryl methyl sites for hydroxylation is 1. The Bertz CT molecular complexity index is 822. The van der Waals surface area contributed by atoms with Crippen LogP contribution >= 0.6 is 0 Å². The van der Waals surface area contributed by atoms with Gasteiger partial charge in [-0.2, -0.15) is 0 Å². The molecule has 0 fully saturated rings. The zero-order valence-electron chi connectivity index (χ0n) is 14.4. The van der Waals surface area contributed by atoms with Gasteiger partial charge in [0, 0.05) is 24.4 Å². The number of carbonyl (C=O) groups is 1. The Morgan fingerprint density at radius 1 is 1.08 bits per heavy atom. The SMILES string of the molecule is O=C(N[C@H](c1ccccc1)c1ccncc1)N[C@@H]1CCCc2occc21. The molecule has 1 aliphatic rings. The van der Waals surface area contributed by atoms with Crippen molar-refractivity contribution in [3.63, 3.8) is 0 Å². The number of amides is 2. The molecule has 2 aromatic heterocycles. The minimum absolute atomic E-state index is 0.00800. The number of pyridine rings is 1. The Hall–Kier alpha value is -3.08. The molecule has 0 spiro atoms. The smallest absolute Gasteiger partial charge is 0.316 e. The number of rotatable bonds is 4. The van der Waals surface area contributed by atoms with Crippen LogP contribution < -0.4 is 10.6 Å². The number of nitrogens with one attached hydrogen (secondary N) is 2. The van der Waals surface area contributed by atoms with E-state index in [1.165, 1.54) is 0 Å². The average molecular weight is 347 g/mol. The molecule has 1 aromatic carbocycles. The van der Waals surface area contributed by atoms with Crippen LogP contribution in [0.1, 0.15) is 47.4 Å². The number of hydrogen-bond donors (Lipinski definition) is 2. The molecule has 2 N–H and O–H groups in total. The van der Waals surface area contributed by atoms with Gasteiger partial charge in [0.25, 0.3) is 0 Å². The topological polar surface area (TPSA) is 67.2 Å². The van der Waals surface area contributed by atoms with E-state index in [2.05, 4.69) is 15.6 Å². The molecule has 5 nitrogen and oxygen atoms in total. The maximum atomic E-state index is 12.7. The molecular weight excluding hydrogens is 326 g/mol. The van der Waals surface area contributed by atoms with Crippen LogP contribution in [0.25, 0.3) is 0 Å². The van der Waals surface area contributed by atoms with E-state index in [1.807, 2.05) is 48.5 Å². The van der Waals surface area contributed by atoms with E-state index >= 15 is 0 Å². The third-order valence-electron chi connectivity index (χ3n) is 4.81. The zero-order valence-corrected chi connectivity index (χ0v) is 14.4. The predicted molar refractivity (Wildman–Crippen MR) is 98.6 cm³/mol. The Kier molecular flexibility index (Phi) is 4.69. The Morgan fingerprint density at radius 2 is 1.85 bits per heavy atom. The molecule has 0 radical (unpaired) electrons. The van der Waals surface area contributed by atoms with E-state index in [0.29, 0.717) is 0 Å². The van der Waals surface area contributed by atoms with Gasteiger partial charge in [-0.3, -0.25) is 4.98 Å². The highest BCUT2D eigenvalue weighted by atomic mass is 16.3. The van der Waals surface area contributed by atoms with Crippen molar-refractivity contribution >= 4 is 6.03 Å². The first kappa shape index (κ1) is 16.4. The molecule has 0 aliphatic heterocycles. The first-order valence-corrected chi connectivity index (χ1v) is 8.89. The lowest BCUT2D eigenvalue weighted by Crippen LogP contribution is -2.41. The van der Waals surface area contributed by atoms with E-state index in [4.69, 9.17) is 4.42 Å². The Labute approximate surface area is 152 Å². The van der Waals surface area contributed by atoms with Gasteiger partial charge in [0.2, 0.25) is 0 Å². The number of urea groups is 1. The minimum Gasteiger partial charge on any atom is -0.469 e. The number of carbonyl (C=O) groups excluding carboxylic acids is 1. The lowest BCUT2D eigenvalue weighted by molar-refractivity contribution is 0.233. The van der Waals surface area contributed by atoms with Crippen LogP contribution in [0.3, 0.4) is 0 Å². The summed E-state index contributed by atoms with van der Waals surface area (Å²) in [7, 11) is 0. The number of furan rings is 1. The fourth-order valence-corrected chi connectivity index (χ4v) is 3.53. The van der Waals surface area contributed by atoms with Crippen molar-refractivity contribution in [1.29, 1.82) is 0 Å². The van der Waals surface area contributed by atoms with Crippen molar-refractivity contribution in [3.05, 3.63) is 89.6 Å². The summed E-state index contributed by atoms with van der Waals surface area (Å²) >= 11 is 0. The maximum absolute atomic E-state index is 12.7. The zero-order chi connectivity index (χ0) is 17.8. The van der Waals surface area contributed by atoms with Crippen LogP contribution in [0.5, 0.6) is 0 Å². The van der Waals surface area contributed by atoms with Crippen molar-refractivity contribution in [1.82, 2.24) is 15.6 Å². The molecule has 132 valence electrons. The molecule has 0 bridgehead atoms. The summed E-state index contributed by atoms with van der Waals surface area (Å²) in [6.07, 6.45) is 8.05. The van der Waals surface area contributed by atoms with E-state index < -0.39 is 0 Å². The second-order valence-corrected chi connectivity index (χ2v) is 6.49. The van der Waals surface area contributed by atoms with Gasteiger partial charge in [0.15, 0.2) is 0 Å². The molecule has 0 unspecified atom stereocenters. The van der Waals surface area contributed by atoms with Crippen molar-refractivity contribution in [2.24, 2.45) is 0 Å². The highest BCUT2D eigenvalue weighted by molar-refractivity contribution is 5.75. The normalized spacial score (nSPS) is 17.2. The second kappa shape index (κ2) is 7.44. The average Bonchev–Trinajstić information content (AvgIpc) is 3.17. The quantitative estimate of drug-likeness (QED) is 0.745. The number of hydrogen-bond acceptors (Lipinski definition) is 3. The van der Waals surface area contributed by atoms with Crippen molar-refractivity contribution < 1.29 is 9.21 Å². The first-order valence-electron chi connectivity index (χ1n) is 8.89. The summed E-state index contributed by atoms with van der Waals surface area (Å²) in [5, 5.41) is 6.22. The van der Waals surface area contributed by atoms with E-state index in [-0.39, 0.29) is 18.1 Å². The summed E-state index contributed by atoms with van der Waals surface area (Å²) in [4.78, 5) is 16.8. The molecule has 1 aliphatic carbocycles. The molecule has 5 heteroatoms. The molecule has 0 saturated carbocycles. The number of nitrogens with zero attached hydrogens (tertiary/aromatic N) is 1. The van der Waals surface area contributed by atoms with Gasteiger partial charge in [-0.05, 0) is 42.2 Å². The van der Waals surface area contributed by atoms with Crippen molar-refractivity contribution in [2.75, 3.05) is 0 Å². The molecule has 26 heavy (non-hydrogen) atoms. The molecule has 4 rings (SSSR count). The van der Waals surface area contributed by atoms with Crippen LogP contribution in [0.15, 0.2) is 71.6 Å². The molecule has 2 heterocycles. The fourth-order valence-electron chi connectivity index (χ4n) is 3.53. The lowest BCUT2D eigenvalue weighted by atomic mass is 9.93. The summed E-state index contributed by atoms with van der Waals surface area (Å²) in [6.45, 7) is 0. The number of benzene rings is 1. The van der Waals surface area contributed by atoms with Gasteiger partial charge in [0.05, 0.1) is 18.3 Å². The molecular formula is C21H21N3O2. The monoisotopic (exact) mass is 347 g/mol. The van der Waals surface area contributed by atoms with Crippen LogP contribution in [-0.4, -0.2) is 11.0 Å². The molecule has 2 amide bonds. The van der Waals surface area contributed by atoms with Crippen LogP contribution in [0.4, 0.5) is 4.79 Å². The summed E-state index contributed by atoms with van der Waals surface area (Å²) < 4.78 is 5.51. The number of fused-ring (bicyclic) bond motifs is 1. The maximum Gasteiger partial charge on any atom is 0.316 e. The number of aromatic nitrogens is 1. The molecule has 0 saturated heterocycles. The summed E-state index contributed by atoms with van der Waals surface area (Å²) in [5.74, 6) is 0.982. The second-order valence-electron chi connectivity index (χ2n) is 6.49. The van der Waals surface area contributed by atoms with Crippen LogP contribution in [-0.2, 0) is 6.42 Å². The fraction of sp³-hybridized carbons (Fsp3) is 0.238. The van der Waals surface area contributed by atoms with Gasteiger partial charge in [-0.25, -0.2) is 4.79 Å². The van der Waals surface area contributed by atoms with Crippen molar-refractivity contribution in [3.8, 4) is 0 Å². The van der Waals surface area contributed by atoms with Crippen LogP contribution in [0.2, 0.25) is 0 Å².